The molecule has 1 aliphatic rings. The van der Waals surface area contributed by atoms with E-state index in [0.29, 0.717) is 30.5 Å². The van der Waals surface area contributed by atoms with Crippen LogP contribution in [-0.2, 0) is 12.8 Å². The number of fused-ring (bicyclic) bond motifs is 1. The maximum atomic E-state index is 13.4. The highest BCUT2D eigenvalue weighted by Crippen LogP contribution is 2.35. The minimum atomic E-state index is -0.591. The number of benzene rings is 2. The summed E-state index contributed by atoms with van der Waals surface area (Å²) in [4.78, 5) is 18.1. The van der Waals surface area contributed by atoms with Crippen LogP contribution >= 0.6 is 0 Å². The third kappa shape index (κ3) is 3.38. The zero-order valence-electron chi connectivity index (χ0n) is 14.5. The van der Waals surface area contributed by atoms with Crippen LogP contribution < -0.4 is 10.6 Å². The van der Waals surface area contributed by atoms with Crippen molar-refractivity contribution in [3.05, 3.63) is 88.6 Å². The lowest BCUT2D eigenvalue weighted by Gasteiger charge is -2.19. The average molecular weight is 365 g/mol. The van der Waals surface area contributed by atoms with Crippen LogP contribution in [0, 0.1) is 11.6 Å². The van der Waals surface area contributed by atoms with E-state index in [9.17, 15) is 13.6 Å². The van der Waals surface area contributed by atoms with Gasteiger partial charge in [0.15, 0.2) is 0 Å². The van der Waals surface area contributed by atoms with Gasteiger partial charge in [-0.25, -0.2) is 13.8 Å². The Balaban J connectivity index is 1.65. The van der Waals surface area contributed by atoms with E-state index in [4.69, 9.17) is 5.73 Å². The van der Waals surface area contributed by atoms with Gasteiger partial charge in [-0.1, -0.05) is 6.07 Å². The fourth-order valence-electron chi connectivity index (χ4n) is 3.57. The van der Waals surface area contributed by atoms with E-state index in [1.807, 2.05) is 23.1 Å². The van der Waals surface area contributed by atoms with Crippen LogP contribution in [0.1, 0.15) is 27.0 Å². The number of amides is 1. The summed E-state index contributed by atoms with van der Waals surface area (Å²) < 4.78 is 26.9. The number of hydrogen-bond acceptors (Lipinski definition) is 3. The molecule has 6 heteroatoms. The molecule has 2 aromatic carbocycles. The van der Waals surface area contributed by atoms with Crippen LogP contribution in [0.25, 0.3) is 0 Å². The van der Waals surface area contributed by atoms with Crippen LogP contribution in [0.4, 0.5) is 20.3 Å². The number of carbonyl (C=O) groups excluding carboxylic acids is 1. The number of hydrogen-bond donors (Lipinski definition) is 1. The number of anilines is 2. The lowest BCUT2D eigenvalue weighted by molar-refractivity contribution is 0.0999. The van der Waals surface area contributed by atoms with Crippen LogP contribution in [0.2, 0.25) is 0 Å². The molecule has 27 heavy (non-hydrogen) atoms. The molecule has 0 radical (unpaired) electrons. The van der Waals surface area contributed by atoms with Gasteiger partial charge in [0, 0.05) is 30.1 Å². The Hall–Kier alpha value is -3.28. The second kappa shape index (κ2) is 6.79. The van der Waals surface area contributed by atoms with Crippen LogP contribution in [0.5, 0.6) is 0 Å². The molecular formula is C21H17F2N3O. The minimum Gasteiger partial charge on any atom is -0.366 e. The summed E-state index contributed by atoms with van der Waals surface area (Å²) in [5.41, 5.74) is 9.28. The van der Waals surface area contributed by atoms with Crippen LogP contribution in [0.15, 0.2) is 54.7 Å². The molecule has 0 spiro atoms. The molecule has 1 aromatic heterocycles. The van der Waals surface area contributed by atoms with Gasteiger partial charge in [-0.3, -0.25) is 4.79 Å². The monoisotopic (exact) mass is 365 g/mol. The lowest BCUT2D eigenvalue weighted by atomic mass is 10.0. The summed E-state index contributed by atoms with van der Waals surface area (Å²) >= 11 is 0. The highest BCUT2D eigenvalue weighted by Gasteiger charge is 2.25. The number of rotatable bonds is 4. The maximum absolute atomic E-state index is 13.4. The molecule has 0 unspecified atom stereocenters. The van der Waals surface area contributed by atoms with E-state index in [0.717, 1.165) is 28.7 Å². The largest absolute Gasteiger partial charge is 0.366 e. The van der Waals surface area contributed by atoms with E-state index in [1.54, 1.807) is 18.3 Å². The summed E-state index contributed by atoms with van der Waals surface area (Å²) in [5, 5.41) is 0. The molecule has 2 N–H and O–H groups in total. The molecule has 0 fully saturated rings. The number of carbonyl (C=O) groups is 1. The van der Waals surface area contributed by atoms with Crippen LogP contribution in [0.3, 0.4) is 0 Å². The number of nitrogens with zero attached hydrogens (tertiary/aromatic N) is 2. The van der Waals surface area contributed by atoms with E-state index in [2.05, 4.69) is 4.98 Å². The first-order valence-electron chi connectivity index (χ1n) is 8.60. The summed E-state index contributed by atoms with van der Waals surface area (Å²) in [5.74, 6) is -0.897. The zero-order valence-corrected chi connectivity index (χ0v) is 14.5. The van der Waals surface area contributed by atoms with Gasteiger partial charge in [-0.05, 0) is 65.9 Å². The average Bonchev–Trinajstić information content (AvgIpc) is 3.05. The Morgan fingerprint density at radius 2 is 1.85 bits per heavy atom. The molecule has 4 nitrogen and oxygen atoms in total. The Labute approximate surface area is 155 Å². The van der Waals surface area contributed by atoms with E-state index in [1.165, 1.54) is 12.1 Å². The van der Waals surface area contributed by atoms with Crippen molar-refractivity contribution in [1.82, 2.24) is 4.98 Å². The third-order valence-electron chi connectivity index (χ3n) is 4.71. The van der Waals surface area contributed by atoms with Gasteiger partial charge in [0.1, 0.15) is 17.5 Å². The lowest BCUT2D eigenvalue weighted by Crippen LogP contribution is -2.15. The van der Waals surface area contributed by atoms with Gasteiger partial charge >= 0.3 is 0 Å². The molecule has 136 valence electrons. The van der Waals surface area contributed by atoms with Crippen LogP contribution in [-0.4, -0.2) is 17.4 Å². The minimum absolute atomic E-state index is 0.395. The number of aromatic nitrogens is 1. The third-order valence-corrected chi connectivity index (χ3v) is 4.71. The molecule has 2 heterocycles. The quantitative estimate of drug-likeness (QED) is 0.766. The fraction of sp³-hybridized carbons (Fsp3) is 0.143. The summed E-state index contributed by atoms with van der Waals surface area (Å²) in [6.45, 7) is 0.685. The number of pyridine rings is 1. The van der Waals surface area contributed by atoms with Crippen molar-refractivity contribution in [3.63, 3.8) is 0 Å². The van der Waals surface area contributed by atoms with Gasteiger partial charge in [0.2, 0.25) is 5.91 Å². The van der Waals surface area contributed by atoms with E-state index >= 15 is 0 Å². The van der Waals surface area contributed by atoms with Gasteiger partial charge in [0.05, 0.1) is 0 Å². The Bertz CT molecular complexity index is 1020. The van der Waals surface area contributed by atoms with Gasteiger partial charge < -0.3 is 10.6 Å². The molecule has 3 aromatic rings. The van der Waals surface area contributed by atoms with Crippen molar-refractivity contribution in [1.29, 1.82) is 0 Å². The Kier molecular flexibility index (Phi) is 4.32. The van der Waals surface area contributed by atoms with Crippen molar-refractivity contribution in [2.24, 2.45) is 5.73 Å². The second-order valence-corrected chi connectivity index (χ2v) is 6.55. The first-order valence-corrected chi connectivity index (χ1v) is 8.60. The fourth-order valence-corrected chi connectivity index (χ4v) is 3.57. The summed E-state index contributed by atoms with van der Waals surface area (Å²) in [7, 11) is 0. The highest BCUT2D eigenvalue weighted by molar-refractivity contribution is 5.96. The zero-order chi connectivity index (χ0) is 19.0. The Morgan fingerprint density at radius 1 is 1.07 bits per heavy atom. The molecule has 0 bridgehead atoms. The number of primary amides is 1. The van der Waals surface area contributed by atoms with E-state index in [-0.39, 0.29) is 0 Å². The molecule has 0 aliphatic carbocycles. The molecule has 0 saturated heterocycles. The topological polar surface area (TPSA) is 59.2 Å². The molecule has 1 aliphatic heterocycles. The standard InChI is InChI=1S/C21H17F2N3O/c22-15-9-14(10-16(23)12-15)8-13-4-6-25-20(11-13)26-7-5-17-18(21(24)27)2-1-3-19(17)26/h1-4,6,9-12H,5,7-8H2,(H2,24,27). The van der Waals surface area contributed by atoms with Gasteiger partial charge in [-0.2, -0.15) is 0 Å². The maximum Gasteiger partial charge on any atom is 0.249 e. The Morgan fingerprint density at radius 3 is 2.59 bits per heavy atom. The van der Waals surface area contributed by atoms with Crippen molar-refractivity contribution < 1.29 is 13.6 Å². The van der Waals surface area contributed by atoms with Crippen molar-refractivity contribution in [3.8, 4) is 0 Å². The predicted octanol–water partition coefficient (Wildman–Crippen LogP) is 3.74. The molecule has 0 atom stereocenters. The number of halogens is 2. The smallest absolute Gasteiger partial charge is 0.249 e. The highest BCUT2D eigenvalue weighted by atomic mass is 19.1. The number of nitrogens with two attached hydrogens (primary N) is 1. The molecule has 1 amide bonds. The summed E-state index contributed by atoms with van der Waals surface area (Å²) in [6, 6.07) is 12.7. The first-order chi connectivity index (χ1) is 13.0. The molecule has 0 saturated carbocycles. The normalized spacial score (nSPS) is 12.9. The van der Waals surface area contributed by atoms with Crippen molar-refractivity contribution in [2.75, 3.05) is 11.4 Å². The van der Waals surface area contributed by atoms with E-state index < -0.39 is 17.5 Å². The SMILES string of the molecule is NC(=O)c1cccc2c1CCN2c1cc(Cc2cc(F)cc(F)c2)ccn1. The molecular weight excluding hydrogens is 348 g/mol. The first kappa shape index (κ1) is 17.1. The van der Waals surface area contributed by atoms with Crippen molar-refractivity contribution >= 4 is 17.4 Å². The van der Waals surface area contributed by atoms with Gasteiger partial charge in [0.25, 0.3) is 0 Å². The molecule has 4 rings (SSSR count). The summed E-state index contributed by atoms with van der Waals surface area (Å²) in [6.07, 6.45) is 2.78. The van der Waals surface area contributed by atoms with Crippen molar-refractivity contribution in [2.45, 2.75) is 12.8 Å². The predicted molar refractivity (Wildman–Crippen MR) is 99.1 cm³/mol. The van der Waals surface area contributed by atoms with Gasteiger partial charge in [-0.15, -0.1) is 0 Å². The second-order valence-electron chi connectivity index (χ2n) is 6.55.